The Kier molecular flexibility index (Phi) is 4.18. The van der Waals surface area contributed by atoms with Crippen LogP contribution in [0.2, 0.25) is 10.0 Å². The maximum absolute atomic E-state index is 6.09. The van der Waals surface area contributed by atoms with Crippen molar-refractivity contribution in [2.75, 3.05) is 5.43 Å². The molecule has 0 atom stereocenters. The summed E-state index contributed by atoms with van der Waals surface area (Å²) < 4.78 is 0. The third kappa shape index (κ3) is 3.22. The minimum absolute atomic E-state index is 0.614. The van der Waals surface area contributed by atoms with Crippen molar-refractivity contribution >= 4 is 34.7 Å². The molecule has 1 N–H and O–H groups in total. The fourth-order valence-electron chi connectivity index (χ4n) is 1.41. The van der Waals surface area contributed by atoms with Crippen LogP contribution in [0.1, 0.15) is 12.5 Å². The van der Waals surface area contributed by atoms with Gasteiger partial charge in [0.15, 0.2) is 0 Å². The lowest BCUT2D eigenvalue weighted by molar-refractivity contribution is 1.22. The minimum atomic E-state index is 0.614. The van der Waals surface area contributed by atoms with Gasteiger partial charge in [0.25, 0.3) is 0 Å². The summed E-state index contributed by atoms with van der Waals surface area (Å²) >= 11 is 12.0. The summed E-state index contributed by atoms with van der Waals surface area (Å²) in [7, 11) is 0. The van der Waals surface area contributed by atoms with Crippen LogP contribution in [0, 0.1) is 0 Å². The van der Waals surface area contributed by atoms with Gasteiger partial charge in [0.05, 0.1) is 5.71 Å². The monoisotopic (exact) mass is 279 g/mol. The van der Waals surface area contributed by atoms with Crippen LogP contribution in [0.3, 0.4) is 0 Å². The smallest absolute Gasteiger partial charge is 0.146 e. The quantitative estimate of drug-likeness (QED) is 0.675. The maximum Gasteiger partial charge on any atom is 0.146 e. The molecule has 0 fully saturated rings. The molecule has 0 aliphatic rings. The highest BCUT2D eigenvalue weighted by molar-refractivity contribution is 6.36. The van der Waals surface area contributed by atoms with E-state index >= 15 is 0 Å². The van der Waals surface area contributed by atoms with Crippen molar-refractivity contribution in [2.45, 2.75) is 6.92 Å². The predicted molar refractivity (Wildman–Crippen MR) is 76.5 cm³/mol. The molecule has 1 aromatic heterocycles. The van der Waals surface area contributed by atoms with E-state index in [4.69, 9.17) is 23.2 Å². The van der Waals surface area contributed by atoms with Crippen molar-refractivity contribution in [3.8, 4) is 0 Å². The van der Waals surface area contributed by atoms with Gasteiger partial charge in [0.2, 0.25) is 0 Å². The number of hydrogen-bond donors (Lipinski definition) is 1. The summed E-state index contributed by atoms with van der Waals surface area (Å²) in [6, 6.07) is 10.8. The van der Waals surface area contributed by atoms with Crippen molar-refractivity contribution in [3.05, 3.63) is 58.2 Å². The summed E-state index contributed by atoms with van der Waals surface area (Å²) in [4.78, 5) is 4.11. The fraction of sp³-hybridized carbons (Fsp3) is 0.0769. The average molecular weight is 280 g/mol. The zero-order chi connectivity index (χ0) is 13.0. The van der Waals surface area contributed by atoms with Gasteiger partial charge in [-0.2, -0.15) is 5.10 Å². The van der Waals surface area contributed by atoms with Gasteiger partial charge >= 0.3 is 0 Å². The van der Waals surface area contributed by atoms with Gasteiger partial charge in [-0.05, 0) is 37.3 Å². The lowest BCUT2D eigenvalue weighted by Gasteiger charge is -2.05. The molecule has 0 saturated heterocycles. The van der Waals surface area contributed by atoms with E-state index in [1.165, 1.54) is 0 Å². The third-order valence-electron chi connectivity index (χ3n) is 2.32. The molecule has 0 aliphatic carbocycles. The van der Waals surface area contributed by atoms with Crippen molar-refractivity contribution in [1.29, 1.82) is 0 Å². The second kappa shape index (κ2) is 5.85. The number of aromatic nitrogens is 1. The highest BCUT2D eigenvalue weighted by Gasteiger charge is 2.04. The lowest BCUT2D eigenvalue weighted by atomic mass is 10.1. The summed E-state index contributed by atoms with van der Waals surface area (Å²) in [5.41, 5.74) is 4.41. The van der Waals surface area contributed by atoms with Crippen LogP contribution in [0.15, 0.2) is 47.7 Å². The Hall–Kier alpha value is -1.58. The molecule has 5 heteroatoms. The van der Waals surface area contributed by atoms with Crippen molar-refractivity contribution < 1.29 is 0 Å². The van der Waals surface area contributed by atoms with Crippen LogP contribution < -0.4 is 5.43 Å². The molecular weight excluding hydrogens is 269 g/mol. The molecule has 0 amide bonds. The van der Waals surface area contributed by atoms with E-state index < -0.39 is 0 Å². The van der Waals surface area contributed by atoms with Gasteiger partial charge in [-0.25, -0.2) is 4.98 Å². The van der Waals surface area contributed by atoms with Crippen LogP contribution in [0.4, 0.5) is 5.82 Å². The minimum Gasteiger partial charge on any atom is -0.261 e. The molecule has 0 spiro atoms. The molecule has 0 saturated carbocycles. The van der Waals surface area contributed by atoms with Gasteiger partial charge in [-0.1, -0.05) is 29.3 Å². The molecule has 1 heterocycles. The van der Waals surface area contributed by atoms with Crippen molar-refractivity contribution in [1.82, 2.24) is 4.98 Å². The number of pyridine rings is 1. The van der Waals surface area contributed by atoms with Gasteiger partial charge in [0.1, 0.15) is 5.82 Å². The molecule has 1 aromatic carbocycles. The Morgan fingerprint density at radius 2 is 2.06 bits per heavy atom. The van der Waals surface area contributed by atoms with Gasteiger partial charge < -0.3 is 0 Å². The first kappa shape index (κ1) is 12.9. The first-order chi connectivity index (χ1) is 8.66. The fourth-order valence-corrected chi connectivity index (χ4v) is 1.83. The number of rotatable bonds is 3. The van der Waals surface area contributed by atoms with Crippen LogP contribution in [-0.2, 0) is 0 Å². The molecule has 0 unspecified atom stereocenters. The number of hydrazone groups is 1. The Morgan fingerprint density at radius 3 is 2.78 bits per heavy atom. The number of halogens is 2. The highest BCUT2D eigenvalue weighted by Crippen LogP contribution is 2.21. The summed E-state index contributed by atoms with van der Waals surface area (Å²) in [6.45, 7) is 1.85. The van der Waals surface area contributed by atoms with Crippen LogP contribution in [-0.4, -0.2) is 10.7 Å². The highest BCUT2D eigenvalue weighted by atomic mass is 35.5. The van der Waals surface area contributed by atoms with Gasteiger partial charge in [-0.15, -0.1) is 0 Å². The first-order valence-corrected chi connectivity index (χ1v) is 6.09. The van der Waals surface area contributed by atoms with Crippen LogP contribution >= 0.6 is 23.2 Å². The molecular formula is C13H11Cl2N3. The second-order valence-electron chi connectivity index (χ2n) is 3.65. The summed E-state index contributed by atoms with van der Waals surface area (Å²) in [5.74, 6) is 0.676. The van der Waals surface area contributed by atoms with E-state index in [0.717, 1.165) is 11.3 Å². The lowest BCUT2D eigenvalue weighted by Crippen LogP contribution is -2.01. The van der Waals surface area contributed by atoms with E-state index in [0.29, 0.717) is 15.9 Å². The van der Waals surface area contributed by atoms with E-state index in [1.807, 2.05) is 25.1 Å². The molecule has 2 aromatic rings. The average Bonchev–Trinajstić information content (AvgIpc) is 2.40. The normalized spacial score (nSPS) is 11.4. The van der Waals surface area contributed by atoms with E-state index in [-0.39, 0.29) is 0 Å². The summed E-state index contributed by atoms with van der Waals surface area (Å²) in [5, 5.41) is 5.47. The Balaban J connectivity index is 2.20. The number of benzene rings is 1. The van der Waals surface area contributed by atoms with Gasteiger partial charge in [0, 0.05) is 21.8 Å². The third-order valence-corrected chi connectivity index (χ3v) is 2.89. The number of hydrogen-bond acceptors (Lipinski definition) is 3. The van der Waals surface area contributed by atoms with E-state index in [1.54, 1.807) is 24.4 Å². The van der Waals surface area contributed by atoms with Crippen molar-refractivity contribution in [3.63, 3.8) is 0 Å². The molecule has 2 rings (SSSR count). The Bertz CT molecular complexity index is 568. The number of anilines is 1. The summed E-state index contributed by atoms with van der Waals surface area (Å²) in [6.07, 6.45) is 1.69. The van der Waals surface area contributed by atoms with Crippen LogP contribution in [0.5, 0.6) is 0 Å². The number of nitrogens with one attached hydrogen (secondary N) is 1. The first-order valence-electron chi connectivity index (χ1n) is 5.33. The van der Waals surface area contributed by atoms with E-state index in [2.05, 4.69) is 15.5 Å². The zero-order valence-corrected chi connectivity index (χ0v) is 11.2. The van der Waals surface area contributed by atoms with Crippen molar-refractivity contribution in [2.24, 2.45) is 5.10 Å². The van der Waals surface area contributed by atoms with Gasteiger partial charge in [-0.3, -0.25) is 5.43 Å². The predicted octanol–water partition coefficient (Wildman–Crippen LogP) is 4.22. The number of nitrogens with zero attached hydrogens (tertiary/aromatic N) is 2. The largest absolute Gasteiger partial charge is 0.261 e. The molecule has 0 aliphatic heterocycles. The van der Waals surface area contributed by atoms with Crippen LogP contribution in [0.25, 0.3) is 0 Å². The molecule has 3 nitrogen and oxygen atoms in total. The zero-order valence-electron chi connectivity index (χ0n) is 9.69. The van der Waals surface area contributed by atoms with E-state index in [9.17, 15) is 0 Å². The second-order valence-corrected chi connectivity index (χ2v) is 4.49. The molecule has 0 radical (unpaired) electrons. The maximum atomic E-state index is 6.09. The topological polar surface area (TPSA) is 37.3 Å². The molecule has 18 heavy (non-hydrogen) atoms. The SMILES string of the molecule is CC(=NNc1ccccn1)c1cc(Cl)ccc1Cl. The Morgan fingerprint density at radius 1 is 1.22 bits per heavy atom. The molecule has 92 valence electrons. The Labute approximate surface area is 115 Å². The molecule has 0 bridgehead atoms. The standard InChI is InChI=1S/C13H11Cl2N3/c1-9(11-8-10(14)5-6-12(11)15)17-18-13-4-2-3-7-16-13/h2-8H,1H3,(H,16,18).